The summed E-state index contributed by atoms with van der Waals surface area (Å²) >= 11 is 7.90. The minimum atomic E-state index is 0.761. The molecule has 26 heavy (non-hydrogen) atoms. The van der Waals surface area contributed by atoms with Crippen LogP contribution in [0, 0.1) is 0 Å². The molecule has 0 N–H and O–H groups in total. The van der Waals surface area contributed by atoms with Crippen molar-refractivity contribution in [2.45, 2.75) is 17.3 Å². The van der Waals surface area contributed by atoms with Crippen molar-refractivity contribution in [3.8, 4) is 0 Å². The predicted octanol–water partition coefficient (Wildman–Crippen LogP) is 5.50. The van der Waals surface area contributed by atoms with Crippen LogP contribution in [0.3, 0.4) is 0 Å². The molecule has 0 aliphatic carbocycles. The van der Waals surface area contributed by atoms with Crippen LogP contribution in [0.4, 0.5) is 0 Å². The highest BCUT2D eigenvalue weighted by Crippen LogP contribution is 2.26. The zero-order chi connectivity index (χ0) is 17.9. The standard InChI is InChI=1S/C21H18ClN3S/c1-25-20(13-16-10-6-9-15-7-2-4-11-18(15)16)23-24-21(25)26-14-17-8-3-5-12-19(17)22/h2-12H,13-14H2,1H3. The molecular formula is C21H18ClN3S. The number of aromatic nitrogens is 3. The van der Waals surface area contributed by atoms with Crippen LogP contribution in [0.15, 0.2) is 71.9 Å². The number of hydrogen-bond acceptors (Lipinski definition) is 3. The van der Waals surface area contributed by atoms with Crippen LogP contribution in [0.1, 0.15) is 17.0 Å². The Labute approximate surface area is 162 Å². The van der Waals surface area contributed by atoms with Crippen molar-refractivity contribution < 1.29 is 0 Å². The molecule has 0 saturated heterocycles. The van der Waals surface area contributed by atoms with Gasteiger partial charge in [-0.2, -0.15) is 0 Å². The maximum atomic E-state index is 6.24. The maximum absolute atomic E-state index is 6.24. The number of hydrogen-bond donors (Lipinski definition) is 0. The summed E-state index contributed by atoms with van der Waals surface area (Å²) in [5.74, 6) is 1.74. The first-order chi connectivity index (χ1) is 12.7. The van der Waals surface area contributed by atoms with Crippen LogP contribution < -0.4 is 0 Å². The molecule has 0 aliphatic rings. The summed E-state index contributed by atoms with van der Waals surface area (Å²) in [6.45, 7) is 0. The number of rotatable bonds is 5. The topological polar surface area (TPSA) is 30.7 Å². The van der Waals surface area contributed by atoms with Gasteiger partial charge < -0.3 is 4.57 Å². The molecular weight excluding hydrogens is 362 g/mol. The zero-order valence-corrected chi connectivity index (χ0v) is 16.0. The second kappa shape index (κ2) is 7.52. The lowest BCUT2D eigenvalue weighted by Crippen LogP contribution is -2.01. The van der Waals surface area contributed by atoms with Crippen molar-refractivity contribution >= 4 is 34.1 Å². The van der Waals surface area contributed by atoms with E-state index in [1.165, 1.54) is 16.3 Å². The lowest BCUT2D eigenvalue weighted by Gasteiger charge is -2.07. The third-order valence-electron chi connectivity index (χ3n) is 4.47. The first kappa shape index (κ1) is 17.1. The van der Waals surface area contributed by atoms with E-state index >= 15 is 0 Å². The Kier molecular flexibility index (Phi) is 4.96. The molecule has 4 rings (SSSR count). The summed E-state index contributed by atoms with van der Waals surface area (Å²) in [6, 6.07) is 22.8. The van der Waals surface area contributed by atoms with Crippen LogP contribution >= 0.6 is 23.4 Å². The molecule has 130 valence electrons. The Morgan fingerprint density at radius 3 is 2.50 bits per heavy atom. The largest absolute Gasteiger partial charge is 0.309 e. The molecule has 0 amide bonds. The molecule has 3 aromatic carbocycles. The second-order valence-corrected chi connectivity index (χ2v) is 7.50. The van der Waals surface area contributed by atoms with Crippen LogP contribution in [0.25, 0.3) is 10.8 Å². The molecule has 0 aliphatic heterocycles. The second-order valence-electron chi connectivity index (χ2n) is 6.15. The Morgan fingerprint density at radius 2 is 1.62 bits per heavy atom. The van der Waals surface area contributed by atoms with E-state index in [-0.39, 0.29) is 0 Å². The first-order valence-electron chi connectivity index (χ1n) is 8.43. The Bertz CT molecular complexity index is 1050. The fourth-order valence-electron chi connectivity index (χ4n) is 3.00. The van der Waals surface area contributed by atoms with Gasteiger partial charge >= 0.3 is 0 Å². The summed E-state index contributed by atoms with van der Waals surface area (Å²) in [7, 11) is 2.02. The third-order valence-corrected chi connectivity index (χ3v) is 5.91. The molecule has 0 radical (unpaired) electrons. The molecule has 0 fully saturated rings. The molecule has 1 aromatic heterocycles. The van der Waals surface area contributed by atoms with E-state index in [9.17, 15) is 0 Å². The number of nitrogens with zero attached hydrogens (tertiary/aromatic N) is 3. The van der Waals surface area contributed by atoms with Crippen LogP contribution in [-0.4, -0.2) is 14.8 Å². The number of thioether (sulfide) groups is 1. The van der Waals surface area contributed by atoms with E-state index < -0.39 is 0 Å². The van der Waals surface area contributed by atoms with Crippen molar-refractivity contribution in [3.63, 3.8) is 0 Å². The lowest BCUT2D eigenvalue weighted by atomic mass is 10.0. The molecule has 0 saturated carbocycles. The van der Waals surface area contributed by atoms with Gasteiger partial charge in [0.15, 0.2) is 5.16 Å². The smallest absolute Gasteiger partial charge is 0.191 e. The predicted molar refractivity (Wildman–Crippen MR) is 109 cm³/mol. The van der Waals surface area contributed by atoms with Crippen LogP contribution in [0.5, 0.6) is 0 Å². The highest BCUT2D eigenvalue weighted by Gasteiger charge is 2.12. The summed E-state index contributed by atoms with van der Waals surface area (Å²) in [5, 5.41) is 13.0. The molecule has 0 bridgehead atoms. The van der Waals surface area contributed by atoms with Crippen molar-refractivity contribution in [2.75, 3.05) is 0 Å². The minimum absolute atomic E-state index is 0.761. The summed E-state index contributed by atoms with van der Waals surface area (Å²) < 4.78 is 2.07. The van der Waals surface area contributed by atoms with Crippen molar-refractivity contribution in [3.05, 3.63) is 88.7 Å². The van der Waals surface area contributed by atoms with Crippen molar-refractivity contribution in [1.29, 1.82) is 0 Å². The normalized spacial score (nSPS) is 11.2. The van der Waals surface area contributed by atoms with Gasteiger partial charge in [0, 0.05) is 24.2 Å². The summed E-state index contributed by atoms with van der Waals surface area (Å²) in [4.78, 5) is 0. The van der Waals surface area contributed by atoms with Gasteiger partial charge in [-0.1, -0.05) is 84.0 Å². The number of fused-ring (bicyclic) bond motifs is 1. The van der Waals surface area contributed by atoms with Gasteiger partial charge in [-0.05, 0) is 28.0 Å². The van der Waals surface area contributed by atoms with Crippen LogP contribution in [-0.2, 0) is 19.2 Å². The summed E-state index contributed by atoms with van der Waals surface area (Å²) in [6.07, 6.45) is 0.761. The van der Waals surface area contributed by atoms with E-state index in [2.05, 4.69) is 57.2 Å². The average molecular weight is 380 g/mol. The third kappa shape index (κ3) is 3.48. The van der Waals surface area contributed by atoms with Crippen molar-refractivity contribution in [1.82, 2.24) is 14.8 Å². The number of benzene rings is 3. The first-order valence-corrected chi connectivity index (χ1v) is 9.80. The fraction of sp³-hybridized carbons (Fsp3) is 0.143. The molecule has 3 nitrogen and oxygen atoms in total. The Balaban J connectivity index is 1.55. The van der Waals surface area contributed by atoms with Crippen molar-refractivity contribution in [2.24, 2.45) is 7.05 Å². The van der Waals surface area contributed by atoms with Crippen LogP contribution in [0.2, 0.25) is 5.02 Å². The average Bonchev–Trinajstić information content (AvgIpc) is 3.01. The SMILES string of the molecule is Cn1c(Cc2cccc3ccccc23)nnc1SCc1ccccc1Cl. The molecule has 4 aromatic rings. The summed E-state index contributed by atoms with van der Waals surface area (Å²) in [5.41, 5.74) is 2.37. The van der Waals surface area contributed by atoms with E-state index in [4.69, 9.17) is 11.6 Å². The zero-order valence-electron chi connectivity index (χ0n) is 14.4. The van der Waals surface area contributed by atoms with Gasteiger partial charge in [0.1, 0.15) is 5.82 Å². The molecule has 0 unspecified atom stereocenters. The lowest BCUT2D eigenvalue weighted by molar-refractivity contribution is 0.750. The van der Waals surface area contributed by atoms with Gasteiger partial charge in [0.05, 0.1) is 0 Å². The fourth-order valence-corrected chi connectivity index (χ4v) is 4.22. The maximum Gasteiger partial charge on any atom is 0.191 e. The van der Waals surface area contributed by atoms with E-state index in [1.54, 1.807) is 11.8 Å². The van der Waals surface area contributed by atoms with Gasteiger partial charge in [0.2, 0.25) is 0 Å². The van der Waals surface area contributed by atoms with E-state index in [0.29, 0.717) is 0 Å². The minimum Gasteiger partial charge on any atom is -0.309 e. The quantitative estimate of drug-likeness (QED) is 0.428. The van der Waals surface area contributed by atoms with E-state index in [0.717, 1.165) is 33.7 Å². The molecule has 0 spiro atoms. The van der Waals surface area contributed by atoms with Gasteiger partial charge in [-0.3, -0.25) is 0 Å². The van der Waals surface area contributed by atoms with E-state index in [1.807, 2.05) is 31.3 Å². The van der Waals surface area contributed by atoms with Gasteiger partial charge in [-0.25, -0.2) is 0 Å². The number of halogens is 1. The Morgan fingerprint density at radius 1 is 0.885 bits per heavy atom. The monoisotopic (exact) mass is 379 g/mol. The molecule has 1 heterocycles. The van der Waals surface area contributed by atoms with Gasteiger partial charge in [-0.15, -0.1) is 10.2 Å². The highest BCUT2D eigenvalue weighted by atomic mass is 35.5. The molecule has 0 atom stereocenters. The molecule has 5 heteroatoms. The highest BCUT2D eigenvalue weighted by molar-refractivity contribution is 7.98. The Hall–Kier alpha value is -2.30. The van der Waals surface area contributed by atoms with Gasteiger partial charge in [0.25, 0.3) is 0 Å².